The van der Waals surface area contributed by atoms with Crippen LogP contribution < -0.4 is 29.6 Å². The Morgan fingerprint density at radius 1 is 1.54 bits per heavy atom. The van der Waals surface area contributed by atoms with Gasteiger partial charge in [0.2, 0.25) is 0 Å². The average Bonchev–Trinajstić information content (AvgIpc) is 2.37. The molecule has 1 saturated heterocycles. The minimum absolute atomic E-state index is 0. The van der Waals surface area contributed by atoms with Gasteiger partial charge in [0, 0.05) is 19.1 Å². The summed E-state index contributed by atoms with van der Waals surface area (Å²) in [5.74, 6) is 0. The van der Waals surface area contributed by atoms with Gasteiger partial charge in [0.05, 0.1) is 6.10 Å². The quantitative estimate of drug-likeness (QED) is 0.374. The number of hydrogen-bond donors (Lipinski definition) is 1. The molecule has 0 amide bonds. The molecule has 1 unspecified atom stereocenters. The predicted octanol–water partition coefficient (Wildman–Crippen LogP) is -2.42. The maximum atomic E-state index is 9.11. The van der Waals surface area contributed by atoms with Crippen molar-refractivity contribution in [3.8, 4) is 0 Å². The minimum atomic E-state index is -0.0626. The molecule has 1 N–H and O–H groups in total. The van der Waals surface area contributed by atoms with E-state index in [0.717, 1.165) is 19.5 Å². The number of aliphatic hydroxyl groups is 1. The van der Waals surface area contributed by atoms with Crippen LogP contribution in [0, 0.1) is 0 Å². The number of likely N-dealkylation sites (tertiary alicyclic amines) is 1. The van der Waals surface area contributed by atoms with Crippen molar-refractivity contribution in [2.24, 2.45) is 0 Å². The van der Waals surface area contributed by atoms with Crippen molar-refractivity contribution in [3.63, 3.8) is 0 Å². The first-order chi connectivity index (χ1) is 5.61. The van der Waals surface area contributed by atoms with Crippen LogP contribution >= 0.6 is 0 Å². The Balaban J connectivity index is 0. The van der Waals surface area contributed by atoms with Gasteiger partial charge in [-0.15, -0.1) is 0 Å². The summed E-state index contributed by atoms with van der Waals surface area (Å²) < 4.78 is 0. The monoisotopic (exact) mass is 195 g/mol. The Hall–Kier alpha value is 0.590. The molecule has 0 radical (unpaired) electrons. The van der Waals surface area contributed by atoms with Crippen molar-refractivity contribution in [3.05, 3.63) is 0 Å². The zero-order valence-electron chi connectivity index (χ0n) is 9.08. The maximum Gasteiger partial charge on any atom is 1.00 e. The summed E-state index contributed by atoms with van der Waals surface area (Å²) in [6.07, 6.45) is 2.39. The van der Waals surface area contributed by atoms with E-state index in [1.807, 2.05) is 0 Å². The number of aliphatic hydroxyl groups excluding tert-OH is 1. The molecule has 0 aromatic rings. The molecule has 3 nitrogen and oxygen atoms in total. The molecule has 1 atom stereocenters. The number of nitrogens with zero attached hydrogens (tertiary/aromatic N) is 1. The summed E-state index contributed by atoms with van der Waals surface area (Å²) in [6.45, 7) is 7.59. The van der Waals surface area contributed by atoms with Gasteiger partial charge in [-0.05, 0) is 20.3 Å². The van der Waals surface area contributed by atoms with E-state index in [4.69, 9.17) is 9.90 Å². The molecule has 0 aromatic heterocycles. The summed E-state index contributed by atoms with van der Waals surface area (Å²) in [7, 11) is 0. The fourth-order valence-corrected chi connectivity index (χ4v) is 1.24. The fourth-order valence-electron chi connectivity index (χ4n) is 1.24. The van der Waals surface area contributed by atoms with Crippen LogP contribution in [0.15, 0.2) is 0 Å². The summed E-state index contributed by atoms with van der Waals surface area (Å²) in [5.41, 5.74) is 0. The van der Waals surface area contributed by atoms with Gasteiger partial charge < -0.3 is 9.90 Å². The van der Waals surface area contributed by atoms with Crippen LogP contribution in [0.1, 0.15) is 27.2 Å². The second kappa shape index (κ2) is 9.16. The Morgan fingerprint density at radius 2 is 2.00 bits per heavy atom. The Morgan fingerprint density at radius 3 is 2.15 bits per heavy atom. The smallest absolute Gasteiger partial charge is 0.542 e. The largest absolute Gasteiger partial charge is 1.00 e. The Bertz CT molecular complexity index is 131. The molecule has 1 aliphatic rings. The maximum absolute atomic E-state index is 9.11. The van der Waals surface area contributed by atoms with Crippen LogP contribution in [0.2, 0.25) is 0 Å². The summed E-state index contributed by atoms with van der Waals surface area (Å²) in [5, 5.41) is 9.11. The van der Waals surface area contributed by atoms with Gasteiger partial charge >= 0.3 is 29.6 Å². The van der Waals surface area contributed by atoms with Crippen molar-refractivity contribution in [1.29, 1.82) is 0 Å². The molecule has 0 saturated carbocycles. The van der Waals surface area contributed by atoms with Crippen LogP contribution in [0.25, 0.3) is 0 Å². The fraction of sp³-hybridized carbons (Fsp3) is 0.889. The summed E-state index contributed by atoms with van der Waals surface area (Å²) >= 11 is 0. The SMILES string of the molecule is CC(C)N1CCC(O)C1.C[C-]=O.[Na+]. The average molecular weight is 195 g/mol. The summed E-state index contributed by atoms with van der Waals surface area (Å²) in [6, 6.07) is 0.599. The van der Waals surface area contributed by atoms with E-state index in [0.29, 0.717) is 6.04 Å². The molecule has 1 heterocycles. The molecule has 0 aromatic carbocycles. The van der Waals surface area contributed by atoms with Crippen LogP contribution in [0.4, 0.5) is 0 Å². The first-order valence-corrected chi connectivity index (χ1v) is 4.32. The molecular weight excluding hydrogens is 177 g/mol. The van der Waals surface area contributed by atoms with E-state index in [1.54, 1.807) is 0 Å². The molecule has 0 bridgehead atoms. The molecular formula is C9H18NNaO2. The Kier molecular flexibility index (Phi) is 11.3. The zero-order valence-corrected chi connectivity index (χ0v) is 11.1. The van der Waals surface area contributed by atoms with E-state index < -0.39 is 0 Å². The summed E-state index contributed by atoms with van der Waals surface area (Å²) in [4.78, 5) is 11.0. The molecule has 1 rings (SSSR count). The van der Waals surface area contributed by atoms with E-state index in [9.17, 15) is 0 Å². The van der Waals surface area contributed by atoms with Gasteiger partial charge in [0.15, 0.2) is 0 Å². The topological polar surface area (TPSA) is 40.5 Å². The van der Waals surface area contributed by atoms with E-state index in [-0.39, 0.29) is 35.7 Å². The third-order valence-corrected chi connectivity index (χ3v) is 1.93. The Labute approximate surface area is 103 Å². The second-order valence-corrected chi connectivity index (χ2v) is 3.24. The minimum Gasteiger partial charge on any atom is -0.542 e. The molecule has 0 aliphatic carbocycles. The third kappa shape index (κ3) is 7.65. The van der Waals surface area contributed by atoms with Crippen molar-refractivity contribution in [2.45, 2.75) is 39.3 Å². The number of β-amino-alcohol motifs (C(OH)–C–C–N with tert-alkyl or cyclic N) is 1. The molecule has 1 fully saturated rings. The number of rotatable bonds is 1. The van der Waals surface area contributed by atoms with Gasteiger partial charge in [-0.3, -0.25) is 11.2 Å². The molecule has 13 heavy (non-hydrogen) atoms. The van der Waals surface area contributed by atoms with Gasteiger partial charge in [-0.1, -0.05) is 0 Å². The normalized spacial score (nSPS) is 21.8. The number of hydrogen-bond acceptors (Lipinski definition) is 3. The number of carbonyl (C=O) groups excluding carboxylic acids is 1. The second-order valence-electron chi connectivity index (χ2n) is 3.24. The zero-order chi connectivity index (χ0) is 9.56. The van der Waals surface area contributed by atoms with Crippen molar-refractivity contribution in [2.75, 3.05) is 13.1 Å². The van der Waals surface area contributed by atoms with Crippen LogP contribution in [0.5, 0.6) is 0 Å². The molecule has 72 valence electrons. The molecule has 4 heteroatoms. The van der Waals surface area contributed by atoms with E-state index in [2.05, 4.69) is 18.7 Å². The van der Waals surface area contributed by atoms with E-state index >= 15 is 0 Å². The van der Waals surface area contributed by atoms with Gasteiger partial charge in [-0.25, -0.2) is 0 Å². The van der Waals surface area contributed by atoms with Crippen molar-refractivity contribution < 1.29 is 39.5 Å². The van der Waals surface area contributed by atoms with E-state index in [1.165, 1.54) is 13.2 Å². The van der Waals surface area contributed by atoms with Gasteiger partial charge in [-0.2, -0.15) is 6.92 Å². The van der Waals surface area contributed by atoms with Crippen LogP contribution in [0.3, 0.4) is 0 Å². The van der Waals surface area contributed by atoms with Gasteiger partial charge in [0.1, 0.15) is 0 Å². The molecule has 0 spiro atoms. The van der Waals surface area contributed by atoms with Crippen molar-refractivity contribution in [1.82, 2.24) is 4.90 Å². The standard InChI is InChI=1S/C7H15NO.C2H3O.Na/c1-6(2)8-4-3-7(9)5-8;1-2-3;/h6-7,9H,3-5H2,1-2H3;1H3;/q;-1;+1. The van der Waals surface area contributed by atoms with Crippen LogP contribution in [-0.2, 0) is 4.79 Å². The predicted molar refractivity (Wildman–Crippen MR) is 48.7 cm³/mol. The third-order valence-electron chi connectivity index (χ3n) is 1.93. The van der Waals surface area contributed by atoms with Gasteiger partial charge in [0.25, 0.3) is 0 Å². The molecule has 1 aliphatic heterocycles. The van der Waals surface area contributed by atoms with Crippen molar-refractivity contribution >= 4 is 6.29 Å². The first-order valence-electron chi connectivity index (χ1n) is 4.32. The van der Waals surface area contributed by atoms with Crippen LogP contribution in [-0.4, -0.2) is 41.5 Å². The first kappa shape index (κ1) is 16.0.